The van der Waals surface area contributed by atoms with E-state index in [0.717, 1.165) is 0 Å². The zero-order valence-electron chi connectivity index (χ0n) is 14.2. The van der Waals surface area contributed by atoms with Gasteiger partial charge in [0.15, 0.2) is 0 Å². The lowest BCUT2D eigenvalue weighted by molar-refractivity contribution is 0.0693. The van der Waals surface area contributed by atoms with Gasteiger partial charge >= 0.3 is 5.97 Å². The monoisotopic (exact) mass is 377 g/mol. The summed E-state index contributed by atoms with van der Waals surface area (Å²) >= 11 is 0. The molecular weight excluding hydrogens is 358 g/mol. The van der Waals surface area contributed by atoms with Crippen LogP contribution in [0.5, 0.6) is 5.75 Å². The van der Waals surface area contributed by atoms with E-state index in [1.165, 1.54) is 42.5 Å². The highest BCUT2D eigenvalue weighted by Gasteiger charge is 2.16. The van der Waals surface area contributed by atoms with Gasteiger partial charge in [0.25, 0.3) is 0 Å². The van der Waals surface area contributed by atoms with E-state index >= 15 is 0 Å². The number of carbonyl (C=O) groups is 1. The number of benzene rings is 2. The minimum absolute atomic E-state index is 0.120. The average molecular weight is 377 g/mol. The fourth-order valence-corrected chi connectivity index (χ4v) is 3.31. The van der Waals surface area contributed by atoms with Gasteiger partial charge in [-0.3, -0.25) is 0 Å². The molecule has 0 amide bonds. The Bertz CT molecular complexity index is 924. The van der Waals surface area contributed by atoms with Crippen LogP contribution < -0.4 is 4.72 Å². The van der Waals surface area contributed by atoms with Crippen LogP contribution in [-0.4, -0.2) is 30.6 Å². The van der Waals surface area contributed by atoms with Crippen molar-refractivity contribution in [2.75, 3.05) is 0 Å². The number of sulfonamides is 1. The van der Waals surface area contributed by atoms with E-state index in [-0.39, 0.29) is 27.9 Å². The van der Waals surface area contributed by atoms with Gasteiger partial charge in [-0.1, -0.05) is 6.92 Å². The number of azo groups is 1. The molecule has 0 aliphatic carbocycles. The highest BCUT2D eigenvalue weighted by Crippen LogP contribution is 2.25. The second kappa shape index (κ2) is 8.07. The Kier molecular flexibility index (Phi) is 6.06. The van der Waals surface area contributed by atoms with Crippen LogP contribution in [0.3, 0.4) is 0 Å². The van der Waals surface area contributed by atoms with Gasteiger partial charge in [0.2, 0.25) is 10.0 Å². The molecule has 0 radical (unpaired) electrons. The van der Waals surface area contributed by atoms with Crippen LogP contribution >= 0.6 is 0 Å². The van der Waals surface area contributed by atoms with Crippen molar-refractivity contribution in [1.82, 2.24) is 4.72 Å². The highest BCUT2D eigenvalue weighted by atomic mass is 32.2. The number of rotatable bonds is 7. The maximum absolute atomic E-state index is 12.2. The lowest BCUT2D eigenvalue weighted by Crippen LogP contribution is -2.31. The first kappa shape index (κ1) is 19.5. The molecule has 2 aromatic rings. The number of nitrogens with one attached hydrogen (secondary N) is 1. The summed E-state index contributed by atoms with van der Waals surface area (Å²) in [7, 11) is -3.59. The van der Waals surface area contributed by atoms with Crippen molar-refractivity contribution in [2.45, 2.75) is 31.2 Å². The molecule has 2 aromatic carbocycles. The van der Waals surface area contributed by atoms with Crippen LogP contribution in [0.25, 0.3) is 0 Å². The number of hydrogen-bond donors (Lipinski definition) is 3. The number of phenols is 1. The molecule has 3 N–H and O–H groups in total. The number of carboxylic acid groups (broad SMARTS) is 1. The van der Waals surface area contributed by atoms with E-state index in [9.17, 15) is 18.3 Å². The molecule has 0 aliphatic heterocycles. The van der Waals surface area contributed by atoms with Gasteiger partial charge in [0, 0.05) is 6.04 Å². The zero-order chi connectivity index (χ0) is 19.3. The molecule has 1 atom stereocenters. The predicted molar refractivity (Wildman–Crippen MR) is 95.8 cm³/mol. The number of nitrogens with zero attached hydrogens (tertiary/aromatic N) is 2. The molecule has 138 valence electrons. The number of hydrogen-bond acceptors (Lipinski definition) is 6. The third-order valence-corrected chi connectivity index (χ3v) is 5.21. The summed E-state index contributed by atoms with van der Waals surface area (Å²) in [6, 6.07) is 9.47. The van der Waals surface area contributed by atoms with Crippen molar-refractivity contribution in [3.63, 3.8) is 0 Å². The summed E-state index contributed by atoms with van der Waals surface area (Å²) in [5.41, 5.74) is 0.367. The van der Waals surface area contributed by atoms with E-state index < -0.39 is 16.0 Å². The Morgan fingerprint density at radius 1 is 1.12 bits per heavy atom. The molecule has 2 rings (SSSR count). The Morgan fingerprint density at radius 2 is 1.69 bits per heavy atom. The summed E-state index contributed by atoms with van der Waals surface area (Å²) < 4.78 is 26.9. The van der Waals surface area contributed by atoms with Crippen LogP contribution in [0, 0.1) is 0 Å². The first-order valence-electron chi connectivity index (χ1n) is 7.83. The third kappa shape index (κ3) is 4.87. The van der Waals surface area contributed by atoms with E-state index in [4.69, 9.17) is 5.11 Å². The first-order chi connectivity index (χ1) is 12.2. The number of aromatic hydroxyl groups is 1. The lowest BCUT2D eigenvalue weighted by atomic mass is 10.2. The largest absolute Gasteiger partial charge is 0.507 e. The van der Waals surface area contributed by atoms with Gasteiger partial charge < -0.3 is 10.2 Å². The molecule has 26 heavy (non-hydrogen) atoms. The molecule has 1 unspecified atom stereocenters. The Morgan fingerprint density at radius 3 is 2.27 bits per heavy atom. The van der Waals surface area contributed by atoms with Gasteiger partial charge in [-0.05, 0) is 55.8 Å². The summed E-state index contributed by atoms with van der Waals surface area (Å²) in [6.07, 6.45) is 0.677. The SMILES string of the molecule is CCC(C)NS(=O)(=O)c1ccc(N=Nc2ccc(O)c(C(=O)O)c2)cc1. The second-order valence-corrected chi connectivity index (χ2v) is 7.35. The summed E-state index contributed by atoms with van der Waals surface area (Å²) in [4.78, 5) is 11.1. The minimum Gasteiger partial charge on any atom is -0.507 e. The van der Waals surface area contributed by atoms with E-state index in [1.54, 1.807) is 6.92 Å². The van der Waals surface area contributed by atoms with Crippen molar-refractivity contribution < 1.29 is 23.4 Å². The van der Waals surface area contributed by atoms with Crippen LogP contribution in [0.15, 0.2) is 57.6 Å². The van der Waals surface area contributed by atoms with Crippen molar-refractivity contribution in [2.24, 2.45) is 10.2 Å². The lowest BCUT2D eigenvalue weighted by Gasteiger charge is -2.11. The molecule has 0 fully saturated rings. The van der Waals surface area contributed by atoms with Crippen LogP contribution in [0.4, 0.5) is 11.4 Å². The molecular formula is C17H19N3O5S. The van der Waals surface area contributed by atoms with Crippen molar-refractivity contribution in [3.05, 3.63) is 48.0 Å². The zero-order valence-corrected chi connectivity index (χ0v) is 15.1. The molecule has 0 bridgehead atoms. The summed E-state index contributed by atoms with van der Waals surface area (Å²) in [6.45, 7) is 3.67. The van der Waals surface area contributed by atoms with Gasteiger partial charge in [-0.2, -0.15) is 10.2 Å². The topological polar surface area (TPSA) is 128 Å². The third-order valence-electron chi connectivity index (χ3n) is 3.61. The van der Waals surface area contributed by atoms with Crippen molar-refractivity contribution in [3.8, 4) is 5.75 Å². The standard InChI is InChI=1S/C17H19N3O5S/c1-3-11(2)20-26(24,25)14-7-4-12(5-8-14)18-19-13-6-9-16(21)15(10-13)17(22)23/h4-11,20-21H,3H2,1-2H3,(H,22,23). The second-order valence-electron chi connectivity index (χ2n) is 5.63. The van der Waals surface area contributed by atoms with Gasteiger partial charge in [-0.25, -0.2) is 17.9 Å². The molecule has 9 heteroatoms. The van der Waals surface area contributed by atoms with Crippen LogP contribution in [0.2, 0.25) is 0 Å². The number of carboxylic acids is 1. The molecule has 0 aliphatic rings. The van der Waals surface area contributed by atoms with Crippen molar-refractivity contribution in [1.29, 1.82) is 0 Å². The first-order valence-corrected chi connectivity index (χ1v) is 9.31. The fraction of sp³-hybridized carbons (Fsp3) is 0.235. The minimum atomic E-state index is -3.59. The Balaban J connectivity index is 2.18. The van der Waals surface area contributed by atoms with E-state index in [2.05, 4.69) is 15.0 Å². The highest BCUT2D eigenvalue weighted by molar-refractivity contribution is 7.89. The Hall–Kier alpha value is -2.78. The molecule has 0 saturated carbocycles. The number of aromatic carboxylic acids is 1. The smallest absolute Gasteiger partial charge is 0.339 e. The maximum Gasteiger partial charge on any atom is 0.339 e. The fourth-order valence-electron chi connectivity index (χ4n) is 1.98. The van der Waals surface area contributed by atoms with E-state index in [0.29, 0.717) is 12.1 Å². The molecule has 8 nitrogen and oxygen atoms in total. The Labute approximate surface area is 151 Å². The van der Waals surface area contributed by atoms with Gasteiger partial charge in [-0.15, -0.1) is 0 Å². The summed E-state index contributed by atoms with van der Waals surface area (Å²) in [5, 5.41) is 26.3. The van der Waals surface area contributed by atoms with Crippen molar-refractivity contribution >= 4 is 27.4 Å². The van der Waals surface area contributed by atoms with E-state index in [1.807, 2.05) is 6.92 Å². The maximum atomic E-state index is 12.2. The average Bonchev–Trinajstić information content (AvgIpc) is 2.60. The van der Waals surface area contributed by atoms with Gasteiger partial charge in [0.05, 0.1) is 16.3 Å². The van der Waals surface area contributed by atoms with Gasteiger partial charge in [0.1, 0.15) is 11.3 Å². The molecule has 0 spiro atoms. The molecule has 0 heterocycles. The predicted octanol–water partition coefficient (Wildman–Crippen LogP) is 3.58. The quantitative estimate of drug-likeness (QED) is 0.635. The van der Waals surface area contributed by atoms with Crippen LogP contribution in [0.1, 0.15) is 30.6 Å². The molecule has 0 saturated heterocycles. The van der Waals surface area contributed by atoms with Crippen LogP contribution in [-0.2, 0) is 10.0 Å². The summed E-state index contributed by atoms with van der Waals surface area (Å²) in [5.74, 6) is -1.64. The molecule has 0 aromatic heterocycles. The normalized spacial score (nSPS) is 13.0.